The van der Waals surface area contributed by atoms with E-state index in [0.717, 1.165) is 5.56 Å². The van der Waals surface area contributed by atoms with Crippen molar-refractivity contribution in [2.24, 2.45) is 0 Å². The predicted octanol–water partition coefficient (Wildman–Crippen LogP) is 4.56. The second kappa shape index (κ2) is 13.4. The molecule has 1 aromatic heterocycles. The maximum absolute atomic E-state index is 13.8. The van der Waals surface area contributed by atoms with E-state index in [-0.39, 0.29) is 36.9 Å². The fourth-order valence-corrected chi connectivity index (χ4v) is 3.61. The first kappa shape index (κ1) is 27.6. The lowest BCUT2D eigenvalue weighted by atomic mass is 10.1. The van der Waals surface area contributed by atoms with Crippen molar-refractivity contribution >= 4 is 35.5 Å². The van der Waals surface area contributed by atoms with Crippen molar-refractivity contribution in [1.82, 2.24) is 15.6 Å². The molecule has 1 heterocycles. The van der Waals surface area contributed by atoms with E-state index < -0.39 is 29.8 Å². The molecule has 196 valence electrons. The van der Waals surface area contributed by atoms with Gasteiger partial charge in [0.25, 0.3) is 0 Å². The molecule has 3 rings (SSSR count). The first-order valence-corrected chi connectivity index (χ1v) is 11.6. The van der Waals surface area contributed by atoms with Crippen molar-refractivity contribution in [2.75, 3.05) is 19.0 Å². The summed E-state index contributed by atoms with van der Waals surface area (Å²) in [6, 6.07) is 14.3. The van der Waals surface area contributed by atoms with Crippen LogP contribution in [0.5, 0.6) is 0 Å². The van der Waals surface area contributed by atoms with Gasteiger partial charge in [-0.2, -0.15) is 0 Å². The summed E-state index contributed by atoms with van der Waals surface area (Å²) in [4.78, 5) is 36.5. The van der Waals surface area contributed by atoms with Crippen LogP contribution in [0.1, 0.15) is 25.3 Å². The Bertz CT molecular complexity index is 1220. The zero-order valence-electron chi connectivity index (χ0n) is 20.2. The smallest absolute Gasteiger partial charge is 0.414 e. The number of hydrogen-bond acceptors (Lipinski definition) is 8. The molecule has 3 aromatic rings. The van der Waals surface area contributed by atoms with E-state index in [1.807, 2.05) is 30.3 Å². The minimum atomic E-state index is -0.851. The number of nitrogens with one attached hydrogen (secondary N) is 2. The summed E-state index contributed by atoms with van der Waals surface area (Å²) in [7, 11) is 1.25. The maximum Gasteiger partial charge on any atom is 0.414 e. The molecule has 2 amide bonds. The number of nitrogens with zero attached hydrogens (tertiary/aromatic N) is 2. The summed E-state index contributed by atoms with van der Waals surface area (Å²) in [5.74, 6) is -1.45. The highest BCUT2D eigenvalue weighted by atomic mass is 35.5. The molecular weight excluding hydrogens is 507 g/mol. The van der Waals surface area contributed by atoms with Gasteiger partial charge in [-0.15, -0.1) is 0 Å². The summed E-state index contributed by atoms with van der Waals surface area (Å²) in [5.41, 5.74) is 4.62. The van der Waals surface area contributed by atoms with E-state index in [9.17, 15) is 18.8 Å². The number of halogens is 2. The highest BCUT2D eigenvalue weighted by Gasteiger charge is 2.25. The van der Waals surface area contributed by atoms with Crippen LogP contribution in [0.3, 0.4) is 0 Å². The van der Waals surface area contributed by atoms with E-state index >= 15 is 0 Å². The van der Waals surface area contributed by atoms with Gasteiger partial charge in [0.2, 0.25) is 11.8 Å². The molecule has 0 fully saturated rings. The maximum atomic E-state index is 13.8. The van der Waals surface area contributed by atoms with Crippen molar-refractivity contribution in [3.63, 3.8) is 0 Å². The second-order valence-electron chi connectivity index (χ2n) is 7.87. The standard InChI is InChI=1S/C25H26ClFN4O6/c1-16(32)31(28-14-18-9-6-10-20(27)24(18)26)19(11-12-23(33)35-2)15-36-25(34)29-22-13-21(30-37-22)17-7-4-3-5-8-17/h3-10,13,19,28H,11-12,14-15H2,1-2H3,(H,29,34)/t19-/m0/s1. The molecule has 0 radical (unpaired) electrons. The van der Waals surface area contributed by atoms with Gasteiger partial charge in [0, 0.05) is 31.5 Å². The van der Waals surface area contributed by atoms with Crippen molar-refractivity contribution in [3.05, 3.63) is 71.0 Å². The molecule has 0 unspecified atom stereocenters. The number of methoxy groups -OCH3 is 1. The molecule has 2 N–H and O–H groups in total. The van der Waals surface area contributed by atoms with E-state index in [0.29, 0.717) is 11.3 Å². The Morgan fingerprint density at radius 3 is 2.62 bits per heavy atom. The molecule has 0 saturated heterocycles. The van der Waals surface area contributed by atoms with Crippen LogP contribution in [-0.2, 0) is 25.6 Å². The van der Waals surface area contributed by atoms with Gasteiger partial charge in [-0.05, 0) is 18.1 Å². The molecule has 12 heteroatoms. The third kappa shape index (κ3) is 8.02. The van der Waals surface area contributed by atoms with Gasteiger partial charge in [-0.1, -0.05) is 59.2 Å². The predicted molar refractivity (Wildman–Crippen MR) is 133 cm³/mol. The average molecular weight is 533 g/mol. The van der Waals surface area contributed by atoms with Gasteiger partial charge in [-0.25, -0.2) is 14.6 Å². The summed E-state index contributed by atoms with van der Waals surface area (Å²) >= 11 is 6.01. The molecular formula is C25H26ClFN4O6. The lowest BCUT2D eigenvalue weighted by molar-refractivity contribution is -0.143. The van der Waals surface area contributed by atoms with Gasteiger partial charge in [-0.3, -0.25) is 19.9 Å². The van der Waals surface area contributed by atoms with Crippen molar-refractivity contribution in [1.29, 1.82) is 0 Å². The fraction of sp³-hybridized carbons (Fsp3) is 0.280. The molecule has 10 nitrogen and oxygen atoms in total. The van der Waals surface area contributed by atoms with Gasteiger partial charge in [0.1, 0.15) is 18.1 Å². The zero-order chi connectivity index (χ0) is 26.8. The second-order valence-corrected chi connectivity index (χ2v) is 8.25. The van der Waals surface area contributed by atoms with Crippen LogP contribution >= 0.6 is 11.6 Å². The number of rotatable bonds is 11. The molecule has 0 spiro atoms. The van der Waals surface area contributed by atoms with Gasteiger partial charge in [0.05, 0.1) is 18.2 Å². The van der Waals surface area contributed by atoms with E-state index in [1.54, 1.807) is 6.07 Å². The Balaban J connectivity index is 1.65. The largest absolute Gasteiger partial charge is 0.469 e. The van der Waals surface area contributed by atoms with E-state index in [4.69, 9.17) is 20.9 Å². The SMILES string of the molecule is COC(=O)CC[C@@H](COC(=O)Nc1cc(-c2ccccc2)no1)N(NCc1cccc(F)c1Cl)C(C)=O. The summed E-state index contributed by atoms with van der Waals surface area (Å²) in [6.07, 6.45) is -0.777. The van der Waals surface area contributed by atoms with E-state index in [2.05, 4.69) is 20.6 Å². The number of carbonyl (C=O) groups is 3. The van der Waals surface area contributed by atoms with Crippen LogP contribution < -0.4 is 10.7 Å². The number of benzene rings is 2. The number of amides is 2. The number of aromatic nitrogens is 1. The molecule has 0 aliphatic carbocycles. The number of anilines is 1. The monoisotopic (exact) mass is 532 g/mol. The average Bonchev–Trinajstić information content (AvgIpc) is 3.36. The lowest BCUT2D eigenvalue weighted by Gasteiger charge is -2.31. The Hall–Kier alpha value is -3.96. The Labute approximate surface area is 217 Å². The number of hydrogen-bond donors (Lipinski definition) is 2. The quantitative estimate of drug-likeness (QED) is 0.272. The van der Waals surface area contributed by atoms with Crippen LogP contribution in [0, 0.1) is 5.82 Å². The first-order chi connectivity index (χ1) is 17.8. The topological polar surface area (TPSA) is 123 Å². The van der Waals surface area contributed by atoms with Crippen LogP contribution in [0.4, 0.5) is 15.1 Å². The summed E-state index contributed by atoms with van der Waals surface area (Å²) < 4.78 is 28.9. The van der Waals surface area contributed by atoms with Crippen molar-refractivity contribution < 1.29 is 32.8 Å². The first-order valence-electron chi connectivity index (χ1n) is 11.3. The summed E-state index contributed by atoms with van der Waals surface area (Å²) in [5, 5.41) is 7.48. The number of hydrazine groups is 1. The molecule has 2 aromatic carbocycles. The number of carbonyl (C=O) groups excluding carboxylic acids is 3. The molecule has 0 saturated carbocycles. The van der Waals surface area contributed by atoms with Crippen molar-refractivity contribution in [2.45, 2.75) is 32.4 Å². The van der Waals surface area contributed by atoms with Crippen LogP contribution in [0.25, 0.3) is 11.3 Å². The molecule has 0 aliphatic rings. The fourth-order valence-electron chi connectivity index (χ4n) is 3.41. The molecule has 37 heavy (non-hydrogen) atoms. The molecule has 0 bridgehead atoms. The Kier molecular flexibility index (Phi) is 9.99. The molecule has 0 aliphatic heterocycles. The Morgan fingerprint density at radius 1 is 1.16 bits per heavy atom. The van der Waals surface area contributed by atoms with Gasteiger partial charge >= 0.3 is 12.1 Å². The summed E-state index contributed by atoms with van der Waals surface area (Å²) in [6.45, 7) is 1.04. The number of ether oxygens (including phenoxy) is 2. The van der Waals surface area contributed by atoms with Crippen LogP contribution in [-0.4, -0.2) is 47.9 Å². The van der Waals surface area contributed by atoms with Crippen LogP contribution in [0.2, 0.25) is 5.02 Å². The zero-order valence-corrected chi connectivity index (χ0v) is 21.0. The van der Waals surface area contributed by atoms with Gasteiger partial charge in [0.15, 0.2) is 0 Å². The minimum absolute atomic E-state index is 0.0113. The normalized spacial score (nSPS) is 11.5. The van der Waals surface area contributed by atoms with Crippen LogP contribution in [0.15, 0.2) is 59.1 Å². The minimum Gasteiger partial charge on any atom is -0.469 e. The third-order valence-corrected chi connectivity index (χ3v) is 5.72. The molecule has 1 atom stereocenters. The Morgan fingerprint density at radius 2 is 1.92 bits per heavy atom. The van der Waals surface area contributed by atoms with Crippen molar-refractivity contribution in [3.8, 4) is 11.3 Å². The highest BCUT2D eigenvalue weighted by molar-refractivity contribution is 6.31. The van der Waals surface area contributed by atoms with Gasteiger partial charge < -0.3 is 14.0 Å². The highest BCUT2D eigenvalue weighted by Crippen LogP contribution is 2.22. The third-order valence-electron chi connectivity index (χ3n) is 5.30. The number of esters is 1. The lowest BCUT2D eigenvalue weighted by Crippen LogP contribution is -2.50. The van der Waals surface area contributed by atoms with E-state index in [1.165, 1.54) is 37.2 Å².